The van der Waals surface area contributed by atoms with Crippen LogP contribution in [0.15, 0.2) is 54.6 Å². The van der Waals surface area contributed by atoms with Crippen molar-refractivity contribution in [2.24, 2.45) is 0 Å². The summed E-state index contributed by atoms with van der Waals surface area (Å²) in [5.74, 6) is 0.432. The van der Waals surface area contributed by atoms with Gasteiger partial charge in [-0.2, -0.15) is 0 Å². The van der Waals surface area contributed by atoms with Gasteiger partial charge in [-0.25, -0.2) is 0 Å². The van der Waals surface area contributed by atoms with Gasteiger partial charge in [0, 0.05) is 5.69 Å². The molecule has 2 rings (SSSR count). The first-order chi connectivity index (χ1) is 9.58. The van der Waals surface area contributed by atoms with Crippen LogP contribution in [0.3, 0.4) is 0 Å². The van der Waals surface area contributed by atoms with Gasteiger partial charge >= 0.3 is 0 Å². The molecule has 0 aliphatic rings. The zero-order valence-corrected chi connectivity index (χ0v) is 13.2. The van der Waals surface area contributed by atoms with Crippen LogP contribution in [0.4, 0.5) is 5.69 Å². The predicted octanol–water partition coefficient (Wildman–Crippen LogP) is 4.88. The number of nitrogens with one attached hydrogen (secondary N) is 1. The minimum Gasteiger partial charge on any atom is -0.325 e. The Balaban J connectivity index is 2.04. The second-order valence-corrected chi connectivity index (χ2v) is 5.95. The highest BCUT2D eigenvalue weighted by Gasteiger charge is 2.16. The molecule has 0 heterocycles. The fourth-order valence-corrected chi connectivity index (χ4v) is 2.35. The SMILES string of the molecule is CC(C)c1ccc(NC(=O)[C@@H](Br)c2ccccc2)cc1. The third-order valence-electron chi connectivity index (χ3n) is 3.17. The van der Waals surface area contributed by atoms with Crippen LogP contribution in [0.2, 0.25) is 0 Å². The molecule has 0 saturated heterocycles. The maximum atomic E-state index is 12.2. The fraction of sp³-hybridized carbons (Fsp3) is 0.235. The first-order valence-electron chi connectivity index (χ1n) is 6.68. The lowest BCUT2D eigenvalue weighted by Crippen LogP contribution is -2.16. The van der Waals surface area contributed by atoms with E-state index in [-0.39, 0.29) is 10.7 Å². The van der Waals surface area contributed by atoms with Crippen LogP contribution in [0.25, 0.3) is 0 Å². The van der Waals surface area contributed by atoms with E-state index in [1.54, 1.807) is 0 Å². The van der Waals surface area contributed by atoms with Gasteiger partial charge in [0.05, 0.1) is 0 Å². The monoisotopic (exact) mass is 331 g/mol. The smallest absolute Gasteiger partial charge is 0.242 e. The Labute approximate surface area is 128 Å². The van der Waals surface area contributed by atoms with Crippen molar-refractivity contribution in [3.63, 3.8) is 0 Å². The van der Waals surface area contributed by atoms with Crippen molar-refractivity contribution in [2.75, 3.05) is 5.32 Å². The number of carbonyl (C=O) groups excluding carboxylic acids is 1. The van der Waals surface area contributed by atoms with Gasteiger partial charge in [-0.1, -0.05) is 72.2 Å². The van der Waals surface area contributed by atoms with Gasteiger partial charge in [0.15, 0.2) is 0 Å². The average Bonchev–Trinajstić information content (AvgIpc) is 2.48. The maximum absolute atomic E-state index is 12.2. The molecule has 104 valence electrons. The van der Waals surface area contributed by atoms with E-state index in [0.717, 1.165) is 11.3 Å². The van der Waals surface area contributed by atoms with Gasteiger partial charge in [-0.15, -0.1) is 0 Å². The number of benzene rings is 2. The molecule has 0 saturated carbocycles. The lowest BCUT2D eigenvalue weighted by molar-refractivity contribution is -0.115. The predicted molar refractivity (Wildman–Crippen MR) is 87.3 cm³/mol. The standard InChI is InChI=1S/C17H18BrNO/c1-12(2)13-8-10-15(11-9-13)19-17(20)16(18)14-6-4-3-5-7-14/h3-12,16H,1-2H3,(H,19,20)/t16-/m0/s1. The highest BCUT2D eigenvalue weighted by Crippen LogP contribution is 2.24. The summed E-state index contributed by atoms with van der Waals surface area (Å²) in [6.45, 7) is 4.30. The van der Waals surface area contributed by atoms with Gasteiger partial charge in [-0.05, 0) is 29.2 Å². The number of hydrogen-bond acceptors (Lipinski definition) is 1. The highest BCUT2D eigenvalue weighted by molar-refractivity contribution is 9.09. The van der Waals surface area contributed by atoms with Gasteiger partial charge in [0.1, 0.15) is 4.83 Å². The summed E-state index contributed by atoms with van der Waals surface area (Å²) < 4.78 is 0. The van der Waals surface area contributed by atoms with Crippen LogP contribution in [0, 0.1) is 0 Å². The number of rotatable bonds is 4. The fourth-order valence-electron chi connectivity index (χ4n) is 1.93. The van der Waals surface area contributed by atoms with Crippen molar-refractivity contribution in [1.29, 1.82) is 0 Å². The summed E-state index contributed by atoms with van der Waals surface area (Å²) in [5.41, 5.74) is 3.03. The van der Waals surface area contributed by atoms with E-state index in [1.807, 2.05) is 54.6 Å². The number of hydrogen-bond donors (Lipinski definition) is 1. The molecule has 2 aromatic rings. The topological polar surface area (TPSA) is 29.1 Å². The van der Waals surface area contributed by atoms with Gasteiger partial charge in [-0.3, -0.25) is 4.79 Å². The molecular weight excluding hydrogens is 314 g/mol. The Bertz CT molecular complexity index is 563. The maximum Gasteiger partial charge on any atom is 0.242 e. The second kappa shape index (κ2) is 6.71. The summed E-state index contributed by atoms with van der Waals surface area (Å²) >= 11 is 3.43. The number of amides is 1. The van der Waals surface area contributed by atoms with E-state index in [4.69, 9.17) is 0 Å². The number of halogens is 1. The minimum atomic E-state index is -0.339. The molecule has 20 heavy (non-hydrogen) atoms. The Morgan fingerprint density at radius 2 is 1.55 bits per heavy atom. The molecule has 2 aromatic carbocycles. The Kier molecular flexibility index (Phi) is 4.96. The molecule has 0 spiro atoms. The summed E-state index contributed by atoms with van der Waals surface area (Å²) in [6, 6.07) is 17.6. The lowest BCUT2D eigenvalue weighted by atomic mass is 10.0. The van der Waals surface area contributed by atoms with Crippen LogP contribution >= 0.6 is 15.9 Å². The summed E-state index contributed by atoms with van der Waals surface area (Å²) in [4.78, 5) is 11.8. The highest BCUT2D eigenvalue weighted by atomic mass is 79.9. The van der Waals surface area contributed by atoms with Crippen molar-refractivity contribution < 1.29 is 4.79 Å². The van der Waals surface area contributed by atoms with Crippen molar-refractivity contribution in [1.82, 2.24) is 0 Å². The van der Waals surface area contributed by atoms with E-state index >= 15 is 0 Å². The molecule has 0 aromatic heterocycles. The number of carbonyl (C=O) groups is 1. The largest absolute Gasteiger partial charge is 0.325 e. The Hall–Kier alpha value is -1.61. The molecule has 2 nitrogen and oxygen atoms in total. The number of alkyl halides is 1. The van der Waals surface area contributed by atoms with Crippen LogP contribution < -0.4 is 5.32 Å². The quantitative estimate of drug-likeness (QED) is 0.794. The molecule has 1 N–H and O–H groups in total. The van der Waals surface area contributed by atoms with E-state index in [2.05, 4.69) is 35.1 Å². The first kappa shape index (κ1) is 14.8. The third kappa shape index (κ3) is 3.70. The lowest BCUT2D eigenvalue weighted by Gasteiger charge is -2.12. The van der Waals surface area contributed by atoms with Crippen molar-refractivity contribution in [3.8, 4) is 0 Å². The molecule has 0 aliphatic heterocycles. The van der Waals surface area contributed by atoms with Crippen LogP contribution in [-0.2, 0) is 4.79 Å². The summed E-state index contributed by atoms with van der Waals surface area (Å²) in [5, 5.41) is 2.92. The zero-order chi connectivity index (χ0) is 14.5. The van der Waals surface area contributed by atoms with Gasteiger partial charge in [0.2, 0.25) is 5.91 Å². The summed E-state index contributed by atoms with van der Waals surface area (Å²) in [6.07, 6.45) is 0. The van der Waals surface area contributed by atoms with E-state index in [1.165, 1.54) is 5.56 Å². The Morgan fingerprint density at radius 3 is 2.10 bits per heavy atom. The number of anilines is 1. The Morgan fingerprint density at radius 1 is 0.950 bits per heavy atom. The second-order valence-electron chi connectivity index (χ2n) is 5.04. The molecule has 0 fully saturated rings. The first-order valence-corrected chi connectivity index (χ1v) is 7.59. The van der Waals surface area contributed by atoms with E-state index in [9.17, 15) is 4.79 Å². The molecule has 0 radical (unpaired) electrons. The van der Waals surface area contributed by atoms with E-state index in [0.29, 0.717) is 5.92 Å². The molecule has 0 unspecified atom stereocenters. The normalized spacial score (nSPS) is 12.2. The van der Waals surface area contributed by atoms with Gasteiger partial charge in [0.25, 0.3) is 0 Å². The van der Waals surface area contributed by atoms with Crippen molar-refractivity contribution in [3.05, 3.63) is 65.7 Å². The summed E-state index contributed by atoms with van der Waals surface area (Å²) in [7, 11) is 0. The van der Waals surface area contributed by atoms with Crippen LogP contribution in [-0.4, -0.2) is 5.91 Å². The van der Waals surface area contributed by atoms with Gasteiger partial charge < -0.3 is 5.32 Å². The van der Waals surface area contributed by atoms with Crippen molar-refractivity contribution >= 4 is 27.5 Å². The molecule has 0 bridgehead atoms. The van der Waals surface area contributed by atoms with E-state index < -0.39 is 0 Å². The molecule has 1 atom stereocenters. The van der Waals surface area contributed by atoms with Crippen LogP contribution in [0.5, 0.6) is 0 Å². The minimum absolute atomic E-state index is 0.0616. The zero-order valence-electron chi connectivity index (χ0n) is 11.6. The molecular formula is C17H18BrNO. The molecule has 1 amide bonds. The molecule has 0 aliphatic carbocycles. The third-order valence-corrected chi connectivity index (χ3v) is 4.11. The molecule has 3 heteroatoms. The van der Waals surface area contributed by atoms with Crippen LogP contribution in [0.1, 0.15) is 35.7 Å². The van der Waals surface area contributed by atoms with Crippen molar-refractivity contribution in [2.45, 2.75) is 24.6 Å². The average molecular weight is 332 g/mol.